The minimum absolute atomic E-state index is 0.299. The summed E-state index contributed by atoms with van der Waals surface area (Å²) in [5.74, 6) is -1.31. The maximum atomic E-state index is 12.1. The smallest absolute Gasteiger partial charge is 0.348 e. The SMILES string of the molecule is CC(C)(C)C1(C(=O)O)CC2(CCCC2)C(=O)O1. The molecule has 2 rings (SSSR count). The number of hydrogen-bond donors (Lipinski definition) is 1. The van der Waals surface area contributed by atoms with Crippen LogP contribution in [-0.2, 0) is 14.3 Å². The first kappa shape index (κ1) is 12.4. The number of rotatable bonds is 1. The summed E-state index contributed by atoms with van der Waals surface area (Å²) < 4.78 is 5.37. The zero-order chi connectivity index (χ0) is 12.9. The number of cyclic esters (lactones) is 1. The highest BCUT2D eigenvalue weighted by molar-refractivity contribution is 5.90. The van der Waals surface area contributed by atoms with Crippen molar-refractivity contribution >= 4 is 11.9 Å². The van der Waals surface area contributed by atoms with Crippen molar-refractivity contribution in [2.45, 2.75) is 58.5 Å². The van der Waals surface area contributed by atoms with Gasteiger partial charge in [0.2, 0.25) is 5.60 Å². The van der Waals surface area contributed by atoms with E-state index in [1.54, 1.807) is 0 Å². The average Bonchev–Trinajstić information content (AvgIpc) is 2.74. The number of esters is 1. The second-order valence-corrected chi connectivity index (χ2v) is 6.44. The van der Waals surface area contributed by atoms with Gasteiger partial charge in [-0.3, -0.25) is 4.79 Å². The Morgan fingerprint density at radius 1 is 1.29 bits per heavy atom. The largest absolute Gasteiger partial charge is 0.478 e. The van der Waals surface area contributed by atoms with Gasteiger partial charge in [0.25, 0.3) is 0 Å². The zero-order valence-corrected chi connectivity index (χ0v) is 10.7. The van der Waals surface area contributed by atoms with Crippen molar-refractivity contribution in [1.29, 1.82) is 0 Å². The third-order valence-corrected chi connectivity index (χ3v) is 4.40. The van der Waals surface area contributed by atoms with Gasteiger partial charge in [0.05, 0.1) is 5.41 Å². The monoisotopic (exact) mass is 240 g/mol. The van der Waals surface area contributed by atoms with Crippen LogP contribution in [0.4, 0.5) is 0 Å². The van der Waals surface area contributed by atoms with Crippen molar-refractivity contribution in [1.82, 2.24) is 0 Å². The molecule has 2 fully saturated rings. The Bertz CT molecular complexity index is 360. The quantitative estimate of drug-likeness (QED) is 0.715. The lowest BCUT2D eigenvalue weighted by Gasteiger charge is -2.36. The first-order chi connectivity index (χ1) is 7.74. The Balaban J connectivity index is 2.40. The molecule has 0 aromatic heterocycles. The van der Waals surface area contributed by atoms with Crippen molar-refractivity contribution < 1.29 is 19.4 Å². The Morgan fingerprint density at radius 3 is 2.18 bits per heavy atom. The molecule has 0 amide bonds. The number of ether oxygens (including phenoxy) is 1. The Hall–Kier alpha value is -1.06. The standard InChI is InChI=1S/C13H20O4/c1-11(2,3)13(9(14)15)8-12(10(16)17-13)6-4-5-7-12/h4-8H2,1-3H3,(H,14,15). The molecule has 1 N–H and O–H groups in total. The van der Waals surface area contributed by atoms with Gasteiger partial charge in [-0.15, -0.1) is 0 Å². The molecule has 2 aliphatic rings. The van der Waals surface area contributed by atoms with Crippen LogP contribution < -0.4 is 0 Å². The summed E-state index contributed by atoms with van der Waals surface area (Å²) in [7, 11) is 0. The molecule has 0 aromatic carbocycles. The third-order valence-electron chi connectivity index (χ3n) is 4.40. The van der Waals surface area contributed by atoms with E-state index in [4.69, 9.17) is 4.74 Å². The first-order valence-corrected chi connectivity index (χ1v) is 6.20. The van der Waals surface area contributed by atoms with Crippen LogP contribution in [0, 0.1) is 10.8 Å². The molecule has 1 saturated heterocycles. The Labute approximate surface area is 101 Å². The zero-order valence-electron chi connectivity index (χ0n) is 10.7. The summed E-state index contributed by atoms with van der Waals surface area (Å²) in [5, 5.41) is 9.48. The number of carbonyl (C=O) groups is 2. The molecule has 0 bridgehead atoms. The lowest BCUT2D eigenvalue weighted by atomic mass is 9.68. The van der Waals surface area contributed by atoms with Crippen molar-refractivity contribution in [2.24, 2.45) is 10.8 Å². The highest BCUT2D eigenvalue weighted by Crippen LogP contribution is 2.56. The van der Waals surface area contributed by atoms with E-state index in [0.717, 1.165) is 25.7 Å². The molecular formula is C13H20O4. The van der Waals surface area contributed by atoms with Gasteiger partial charge in [-0.25, -0.2) is 4.79 Å². The molecule has 1 spiro atoms. The molecule has 4 heteroatoms. The van der Waals surface area contributed by atoms with Crippen LogP contribution in [0.1, 0.15) is 52.9 Å². The molecule has 0 radical (unpaired) electrons. The summed E-state index contributed by atoms with van der Waals surface area (Å²) in [5.41, 5.74) is -2.46. The molecule has 4 nitrogen and oxygen atoms in total. The van der Waals surface area contributed by atoms with E-state index in [1.807, 2.05) is 20.8 Å². The number of carboxylic acid groups (broad SMARTS) is 1. The van der Waals surface area contributed by atoms with E-state index in [9.17, 15) is 14.7 Å². The van der Waals surface area contributed by atoms with E-state index in [0.29, 0.717) is 6.42 Å². The van der Waals surface area contributed by atoms with Crippen LogP contribution in [0.25, 0.3) is 0 Å². The van der Waals surface area contributed by atoms with Crippen LogP contribution in [0.15, 0.2) is 0 Å². The lowest BCUT2D eigenvalue weighted by molar-refractivity contribution is -0.182. The van der Waals surface area contributed by atoms with Crippen LogP contribution in [-0.4, -0.2) is 22.6 Å². The molecular weight excluding hydrogens is 220 g/mol. The van der Waals surface area contributed by atoms with Gasteiger partial charge in [0.15, 0.2) is 0 Å². The normalized spacial score (nSPS) is 31.8. The summed E-state index contributed by atoms with van der Waals surface area (Å²) in [6, 6.07) is 0. The lowest BCUT2D eigenvalue weighted by Crippen LogP contribution is -2.50. The van der Waals surface area contributed by atoms with E-state index in [2.05, 4.69) is 0 Å². The van der Waals surface area contributed by atoms with Gasteiger partial charge in [-0.05, 0) is 12.8 Å². The first-order valence-electron chi connectivity index (χ1n) is 6.20. The molecule has 17 heavy (non-hydrogen) atoms. The summed E-state index contributed by atoms with van der Waals surface area (Å²) in [6.45, 7) is 5.47. The number of carbonyl (C=O) groups excluding carboxylic acids is 1. The summed E-state index contributed by atoms with van der Waals surface area (Å²) in [6.07, 6.45) is 3.87. The van der Waals surface area contributed by atoms with Crippen LogP contribution in [0.3, 0.4) is 0 Å². The predicted molar refractivity (Wildman–Crippen MR) is 61.4 cm³/mol. The predicted octanol–water partition coefficient (Wildman–Crippen LogP) is 2.36. The van der Waals surface area contributed by atoms with Crippen LogP contribution in [0.5, 0.6) is 0 Å². The topological polar surface area (TPSA) is 63.6 Å². The average molecular weight is 240 g/mol. The minimum Gasteiger partial charge on any atom is -0.478 e. The second-order valence-electron chi connectivity index (χ2n) is 6.44. The van der Waals surface area contributed by atoms with E-state index >= 15 is 0 Å². The molecule has 1 heterocycles. The van der Waals surface area contributed by atoms with Crippen LogP contribution >= 0.6 is 0 Å². The third kappa shape index (κ3) is 1.57. The van der Waals surface area contributed by atoms with E-state index < -0.39 is 22.4 Å². The molecule has 1 atom stereocenters. The van der Waals surface area contributed by atoms with Gasteiger partial charge >= 0.3 is 11.9 Å². The number of carboxylic acids is 1. The second kappa shape index (κ2) is 3.47. The minimum atomic E-state index is -1.35. The number of hydrogen-bond acceptors (Lipinski definition) is 3. The molecule has 1 saturated carbocycles. The van der Waals surface area contributed by atoms with E-state index in [-0.39, 0.29) is 5.97 Å². The molecule has 0 aromatic rings. The fourth-order valence-corrected chi connectivity index (χ4v) is 3.14. The van der Waals surface area contributed by atoms with Gasteiger partial charge in [-0.1, -0.05) is 33.6 Å². The summed E-state index contributed by atoms with van der Waals surface area (Å²) >= 11 is 0. The van der Waals surface area contributed by atoms with Crippen molar-refractivity contribution in [2.75, 3.05) is 0 Å². The van der Waals surface area contributed by atoms with Gasteiger partial charge < -0.3 is 9.84 Å². The summed E-state index contributed by atoms with van der Waals surface area (Å²) in [4.78, 5) is 23.7. The molecule has 96 valence electrons. The van der Waals surface area contributed by atoms with Gasteiger partial charge in [0, 0.05) is 11.8 Å². The number of aliphatic carboxylic acids is 1. The highest BCUT2D eigenvalue weighted by atomic mass is 16.6. The molecule has 1 aliphatic heterocycles. The van der Waals surface area contributed by atoms with E-state index in [1.165, 1.54) is 0 Å². The highest BCUT2D eigenvalue weighted by Gasteiger charge is 2.65. The van der Waals surface area contributed by atoms with Crippen molar-refractivity contribution in [3.8, 4) is 0 Å². The van der Waals surface area contributed by atoms with Gasteiger partial charge in [-0.2, -0.15) is 0 Å². The molecule has 1 unspecified atom stereocenters. The molecule has 1 aliphatic carbocycles. The Morgan fingerprint density at radius 2 is 1.82 bits per heavy atom. The van der Waals surface area contributed by atoms with Gasteiger partial charge in [0.1, 0.15) is 0 Å². The van der Waals surface area contributed by atoms with Crippen molar-refractivity contribution in [3.05, 3.63) is 0 Å². The Kier molecular flexibility index (Phi) is 2.53. The maximum absolute atomic E-state index is 12.1. The fraction of sp³-hybridized carbons (Fsp3) is 0.846. The maximum Gasteiger partial charge on any atom is 0.348 e. The fourth-order valence-electron chi connectivity index (χ4n) is 3.14. The van der Waals surface area contributed by atoms with Crippen LogP contribution in [0.2, 0.25) is 0 Å². The van der Waals surface area contributed by atoms with Crippen molar-refractivity contribution in [3.63, 3.8) is 0 Å².